The summed E-state index contributed by atoms with van der Waals surface area (Å²) in [4.78, 5) is 16.7. The van der Waals surface area contributed by atoms with Crippen LogP contribution in [0.2, 0.25) is 0 Å². The molecule has 130 valence electrons. The topological polar surface area (TPSA) is 96.7 Å². The first-order chi connectivity index (χ1) is 12.1. The number of aryl methyl sites for hydroxylation is 2. The number of carbonyl (C=O) groups is 1. The van der Waals surface area contributed by atoms with Crippen LogP contribution in [0.15, 0.2) is 34.9 Å². The number of nitrogens with zero attached hydrogens (tertiary/aromatic N) is 3. The lowest BCUT2D eigenvalue weighted by Gasteiger charge is -2.07. The lowest BCUT2D eigenvalue weighted by atomic mass is 10.1. The molecule has 3 aromatic rings. The Labute approximate surface area is 145 Å². The van der Waals surface area contributed by atoms with E-state index in [-0.39, 0.29) is 5.91 Å². The van der Waals surface area contributed by atoms with Crippen LogP contribution in [0.25, 0.3) is 11.4 Å². The van der Waals surface area contributed by atoms with Gasteiger partial charge in [0.05, 0.1) is 0 Å². The molecular weight excluding hydrogens is 318 g/mol. The molecule has 2 N–H and O–H groups in total. The highest BCUT2D eigenvalue weighted by Crippen LogP contribution is 2.21. The monoisotopic (exact) mass is 339 g/mol. The van der Waals surface area contributed by atoms with Crippen molar-refractivity contribution in [3.8, 4) is 11.4 Å². The van der Waals surface area contributed by atoms with Crippen molar-refractivity contribution in [3.63, 3.8) is 0 Å². The summed E-state index contributed by atoms with van der Waals surface area (Å²) >= 11 is 0. The van der Waals surface area contributed by atoms with Gasteiger partial charge in [-0.05, 0) is 31.9 Å². The number of amides is 1. The molecule has 7 nitrogen and oxygen atoms in total. The molecule has 25 heavy (non-hydrogen) atoms. The van der Waals surface area contributed by atoms with Gasteiger partial charge in [-0.25, -0.2) is 0 Å². The van der Waals surface area contributed by atoms with Crippen LogP contribution < -0.4 is 5.32 Å². The van der Waals surface area contributed by atoms with Crippen molar-refractivity contribution < 1.29 is 9.32 Å². The number of rotatable bonds is 6. The van der Waals surface area contributed by atoms with Crippen LogP contribution in [0.4, 0.5) is 0 Å². The van der Waals surface area contributed by atoms with Crippen molar-refractivity contribution in [2.75, 3.05) is 0 Å². The molecule has 0 aliphatic heterocycles. The standard InChI is InChI=1S/C18H21N5O2/c1-4-7-13-10-15(22-21-13)17(24)19-12(3)18-20-16(23-25-18)14-9-6-5-8-11(14)2/h5-6,8-10,12H,4,7H2,1-3H3,(H,19,24)(H,21,22)/t12-/m1/s1. The van der Waals surface area contributed by atoms with Crippen LogP contribution in [0.1, 0.15) is 53.9 Å². The Morgan fingerprint density at radius 2 is 2.16 bits per heavy atom. The minimum Gasteiger partial charge on any atom is -0.339 e. The molecule has 0 spiro atoms. The SMILES string of the molecule is CCCc1cc(C(=O)N[C@H](C)c2nc(-c3ccccc3C)no2)n[nH]1. The Morgan fingerprint density at radius 1 is 1.36 bits per heavy atom. The maximum atomic E-state index is 12.3. The Bertz CT molecular complexity index is 868. The van der Waals surface area contributed by atoms with Crippen molar-refractivity contribution in [1.29, 1.82) is 0 Å². The van der Waals surface area contributed by atoms with Gasteiger partial charge in [0.15, 0.2) is 0 Å². The maximum absolute atomic E-state index is 12.3. The third-order valence-corrected chi connectivity index (χ3v) is 3.93. The molecule has 3 rings (SSSR count). The molecule has 1 amide bonds. The molecule has 0 unspecified atom stereocenters. The van der Waals surface area contributed by atoms with Crippen molar-refractivity contribution >= 4 is 5.91 Å². The second-order valence-corrected chi connectivity index (χ2v) is 5.99. The molecule has 2 heterocycles. The molecule has 1 aromatic carbocycles. The van der Waals surface area contributed by atoms with E-state index in [9.17, 15) is 4.79 Å². The molecule has 0 fully saturated rings. The number of benzene rings is 1. The Hall–Kier alpha value is -2.96. The van der Waals surface area contributed by atoms with E-state index in [4.69, 9.17) is 4.52 Å². The number of carbonyl (C=O) groups excluding carboxylic acids is 1. The summed E-state index contributed by atoms with van der Waals surface area (Å²) in [6.45, 7) is 5.86. The van der Waals surface area contributed by atoms with Crippen molar-refractivity contribution in [2.24, 2.45) is 0 Å². The fourth-order valence-electron chi connectivity index (χ4n) is 2.55. The third kappa shape index (κ3) is 3.76. The highest BCUT2D eigenvalue weighted by Gasteiger charge is 2.20. The summed E-state index contributed by atoms with van der Waals surface area (Å²) in [6.07, 6.45) is 1.85. The lowest BCUT2D eigenvalue weighted by Crippen LogP contribution is -2.27. The molecule has 0 aliphatic carbocycles. The van der Waals surface area contributed by atoms with Crippen molar-refractivity contribution in [2.45, 2.75) is 39.7 Å². The van der Waals surface area contributed by atoms with Crippen LogP contribution in [0, 0.1) is 6.92 Å². The summed E-state index contributed by atoms with van der Waals surface area (Å²) in [5, 5.41) is 13.8. The zero-order valence-electron chi connectivity index (χ0n) is 14.5. The number of aromatic amines is 1. The van der Waals surface area contributed by atoms with E-state index >= 15 is 0 Å². The first-order valence-corrected chi connectivity index (χ1v) is 8.33. The Kier molecular flexibility index (Phi) is 4.92. The first-order valence-electron chi connectivity index (χ1n) is 8.33. The van der Waals surface area contributed by atoms with Crippen LogP contribution >= 0.6 is 0 Å². The summed E-state index contributed by atoms with van der Waals surface area (Å²) < 4.78 is 5.31. The molecule has 0 bridgehead atoms. The minimum absolute atomic E-state index is 0.276. The number of H-pyrrole nitrogens is 1. The average molecular weight is 339 g/mol. The maximum Gasteiger partial charge on any atom is 0.272 e. The van der Waals surface area contributed by atoms with Crippen LogP contribution in [-0.4, -0.2) is 26.2 Å². The smallest absolute Gasteiger partial charge is 0.272 e. The summed E-state index contributed by atoms with van der Waals surface area (Å²) in [5.41, 5.74) is 3.27. The van der Waals surface area contributed by atoms with E-state index in [1.54, 1.807) is 13.0 Å². The van der Waals surface area contributed by atoms with Crippen LogP contribution in [0.3, 0.4) is 0 Å². The zero-order chi connectivity index (χ0) is 17.8. The van der Waals surface area contributed by atoms with E-state index < -0.39 is 6.04 Å². The average Bonchev–Trinajstić information content (AvgIpc) is 3.25. The molecule has 0 radical (unpaired) electrons. The van der Waals surface area contributed by atoms with E-state index in [0.717, 1.165) is 29.7 Å². The van der Waals surface area contributed by atoms with Gasteiger partial charge in [0, 0.05) is 11.3 Å². The van der Waals surface area contributed by atoms with Gasteiger partial charge in [-0.2, -0.15) is 10.1 Å². The largest absolute Gasteiger partial charge is 0.339 e. The lowest BCUT2D eigenvalue weighted by molar-refractivity contribution is 0.0927. The number of nitrogens with one attached hydrogen (secondary N) is 2. The molecule has 1 atom stereocenters. The molecule has 2 aromatic heterocycles. The van der Waals surface area contributed by atoms with E-state index in [0.29, 0.717) is 17.4 Å². The fraction of sp³-hybridized carbons (Fsp3) is 0.333. The Morgan fingerprint density at radius 3 is 2.92 bits per heavy atom. The molecule has 7 heteroatoms. The summed E-state index contributed by atoms with van der Waals surface area (Å²) in [5.74, 6) is 0.594. The van der Waals surface area contributed by atoms with Gasteiger partial charge in [-0.15, -0.1) is 0 Å². The van der Waals surface area contributed by atoms with Gasteiger partial charge < -0.3 is 9.84 Å². The first kappa shape index (κ1) is 16.9. The highest BCUT2D eigenvalue weighted by atomic mass is 16.5. The molecule has 0 aliphatic rings. The van der Waals surface area contributed by atoms with Gasteiger partial charge in [0.1, 0.15) is 11.7 Å². The van der Waals surface area contributed by atoms with Gasteiger partial charge in [-0.1, -0.05) is 42.8 Å². The van der Waals surface area contributed by atoms with Gasteiger partial charge in [0.25, 0.3) is 5.91 Å². The zero-order valence-corrected chi connectivity index (χ0v) is 14.5. The minimum atomic E-state index is -0.413. The van der Waals surface area contributed by atoms with Crippen molar-refractivity contribution in [1.82, 2.24) is 25.7 Å². The fourth-order valence-corrected chi connectivity index (χ4v) is 2.55. The number of hydrogen-bond acceptors (Lipinski definition) is 5. The van der Waals surface area contributed by atoms with Crippen LogP contribution in [-0.2, 0) is 6.42 Å². The number of aromatic nitrogens is 4. The predicted molar refractivity (Wildman–Crippen MR) is 92.9 cm³/mol. The normalized spacial score (nSPS) is 12.1. The Balaban J connectivity index is 1.70. The molecular formula is C18H21N5O2. The summed E-state index contributed by atoms with van der Waals surface area (Å²) in [7, 11) is 0. The number of hydrogen-bond donors (Lipinski definition) is 2. The third-order valence-electron chi connectivity index (χ3n) is 3.93. The van der Waals surface area contributed by atoms with E-state index in [1.807, 2.05) is 31.2 Å². The summed E-state index contributed by atoms with van der Waals surface area (Å²) in [6, 6.07) is 9.16. The van der Waals surface area contributed by atoms with E-state index in [2.05, 4.69) is 32.6 Å². The second kappa shape index (κ2) is 7.29. The predicted octanol–water partition coefficient (Wildman–Crippen LogP) is 3.21. The molecule has 0 saturated carbocycles. The van der Waals surface area contributed by atoms with E-state index in [1.165, 1.54) is 0 Å². The van der Waals surface area contributed by atoms with Crippen LogP contribution in [0.5, 0.6) is 0 Å². The van der Waals surface area contributed by atoms with Gasteiger partial charge in [-0.3, -0.25) is 9.89 Å². The second-order valence-electron chi connectivity index (χ2n) is 5.99. The molecule has 0 saturated heterocycles. The quantitative estimate of drug-likeness (QED) is 0.719. The van der Waals surface area contributed by atoms with Crippen molar-refractivity contribution in [3.05, 3.63) is 53.2 Å². The highest BCUT2D eigenvalue weighted by molar-refractivity contribution is 5.92. The van der Waals surface area contributed by atoms with Gasteiger partial charge in [0.2, 0.25) is 11.7 Å². The van der Waals surface area contributed by atoms with Gasteiger partial charge >= 0.3 is 0 Å².